The molecule has 0 saturated carbocycles. The Morgan fingerprint density at radius 2 is 2.00 bits per heavy atom. The maximum atomic E-state index is 13.4. The molecule has 4 nitrogen and oxygen atoms in total. The average molecular weight is 272 g/mol. The van der Waals surface area contributed by atoms with Gasteiger partial charge in [-0.25, -0.2) is 13.6 Å². The smallest absolute Gasteiger partial charge is 0.315 e. The lowest BCUT2D eigenvalue weighted by Gasteiger charge is -2.15. The second-order valence-electron chi connectivity index (χ2n) is 4.20. The predicted octanol–water partition coefficient (Wildman–Crippen LogP) is 1.84. The van der Waals surface area contributed by atoms with Gasteiger partial charge in [-0.2, -0.15) is 0 Å². The highest BCUT2D eigenvalue weighted by atomic mass is 19.1. The van der Waals surface area contributed by atoms with E-state index in [2.05, 4.69) is 10.6 Å². The molecule has 2 amide bonds. The van der Waals surface area contributed by atoms with E-state index in [1.165, 1.54) is 25.3 Å². The van der Waals surface area contributed by atoms with E-state index in [9.17, 15) is 13.6 Å². The maximum absolute atomic E-state index is 13.4. The summed E-state index contributed by atoms with van der Waals surface area (Å²) >= 11 is 0. The predicted molar refractivity (Wildman–Crippen MR) is 67.9 cm³/mol. The van der Waals surface area contributed by atoms with E-state index in [1.54, 1.807) is 6.92 Å². The number of urea groups is 1. The van der Waals surface area contributed by atoms with Crippen LogP contribution < -0.4 is 10.6 Å². The van der Waals surface area contributed by atoms with E-state index in [0.29, 0.717) is 13.2 Å². The summed E-state index contributed by atoms with van der Waals surface area (Å²) in [5.41, 5.74) is -0.0211. The fraction of sp³-hybridized carbons (Fsp3) is 0.462. The highest BCUT2D eigenvalue weighted by Gasteiger charge is 2.13. The van der Waals surface area contributed by atoms with Gasteiger partial charge in [0.2, 0.25) is 0 Å². The minimum Gasteiger partial charge on any atom is -0.383 e. The Bertz CT molecular complexity index is 407. The van der Waals surface area contributed by atoms with Crippen LogP contribution in [0.25, 0.3) is 0 Å². The number of nitrogens with one attached hydrogen (secondary N) is 2. The van der Waals surface area contributed by atoms with Crippen molar-refractivity contribution in [1.29, 1.82) is 0 Å². The van der Waals surface area contributed by atoms with Crippen molar-refractivity contribution in [2.24, 2.45) is 0 Å². The summed E-state index contributed by atoms with van der Waals surface area (Å²) in [7, 11) is 1.53. The van der Waals surface area contributed by atoms with Crippen LogP contribution in [0.15, 0.2) is 18.2 Å². The first-order chi connectivity index (χ1) is 9.04. The lowest BCUT2D eigenvalue weighted by atomic mass is 10.1. The third-order valence-corrected chi connectivity index (χ3v) is 2.54. The van der Waals surface area contributed by atoms with Gasteiger partial charge >= 0.3 is 6.03 Å². The highest BCUT2D eigenvalue weighted by Crippen LogP contribution is 2.13. The van der Waals surface area contributed by atoms with Crippen molar-refractivity contribution in [2.45, 2.75) is 19.4 Å². The normalized spacial score (nSPS) is 12.0. The van der Waals surface area contributed by atoms with Gasteiger partial charge in [-0.3, -0.25) is 0 Å². The van der Waals surface area contributed by atoms with Crippen molar-refractivity contribution in [3.05, 3.63) is 35.4 Å². The lowest BCUT2D eigenvalue weighted by Crippen LogP contribution is -2.42. The maximum Gasteiger partial charge on any atom is 0.315 e. The first-order valence-electron chi connectivity index (χ1n) is 6.00. The molecule has 0 heterocycles. The van der Waals surface area contributed by atoms with Crippen LogP contribution in [0.2, 0.25) is 0 Å². The number of rotatable bonds is 6. The van der Waals surface area contributed by atoms with Crippen molar-refractivity contribution in [3.63, 3.8) is 0 Å². The molecular weight excluding hydrogens is 254 g/mol. The first kappa shape index (κ1) is 15.4. The molecule has 106 valence electrons. The summed E-state index contributed by atoms with van der Waals surface area (Å²) in [6, 6.07) is 2.94. The molecule has 6 heteroatoms. The molecule has 0 aliphatic heterocycles. The minimum atomic E-state index is -0.603. The van der Waals surface area contributed by atoms with Crippen LogP contribution in [0.4, 0.5) is 13.6 Å². The number of benzene rings is 1. The Morgan fingerprint density at radius 3 is 2.58 bits per heavy atom. The van der Waals surface area contributed by atoms with Crippen LogP contribution in [0.5, 0.6) is 0 Å². The zero-order valence-electron chi connectivity index (χ0n) is 11.0. The van der Waals surface area contributed by atoms with E-state index in [4.69, 9.17) is 4.74 Å². The summed E-state index contributed by atoms with van der Waals surface area (Å²) in [5.74, 6) is -1.21. The van der Waals surface area contributed by atoms with Gasteiger partial charge in [0, 0.05) is 25.3 Å². The minimum absolute atomic E-state index is 0.0211. The van der Waals surface area contributed by atoms with Gasteiger partial charge in [0.1, 0.15) is 11.6 Å². The molecule has 0 aromatic heterocycles. The zero-order valence-corrected chi connectivity index (χ0v) is 11.0. The molecule has 1 aromatic carbocycles. The number of ether oxygens (including phenoxy) is 1. The topological polar surface area (TPSA) is 50.4 Å². The van der Waals surface area contributed by atoms with Gasteiger partial charge in [-0.1, -0.05) is 6.07 Å². The average Bonchev–Trinajstić information content (AvgIpc) is 2.34. The van der Waals surface area contributed by atoms with Crippen molar-refractivity contribution < 1.29 is 18.3 Å². The number of hydrogen-bond acceptors (Lipinski definition) is 2. The summed E-state index contributed by atoms with van der Waals surface area (Å²) < 4.78 is 31.6. The summed E-state index contributed by atoms with van der Waals surface area (Å²) in [4.78, 5) is 11.4. The van der Waals surface area contributed by atoms with E-state index < -0.39 is 11.6 Å². The van der Waals surface area contributed by atoms with Crippen LogP contribution in [-0.4, -0.2) is 32.3 Å². The summed E-state index contributed by atoms with van der Waals surface area (Å²) in [6.07, 6.45) is 0.0935. The Balaban J connectivity index is 2.46. The monoisotopic (exact) mass is 272 g/mol. The van der Waals surface area contributed by atoms with Crippen molar-refractivity contribution in [3.8, 4) is 0 Å². The standard InChI is InChI=1S/C13H18F2N2O2/c1-9(17-13(18)16-6-7-19-2)8-10-11(14)4-3-5-12(10)15/h3-5,9H,6-8H2,1-2H3,(H2,16,17,18). The van der Waals surface area contributed by atoms with Gasteiger partial charge in [0.25, 0.3) is 0 Å². The molecule has 1 rings (SSSR count). The molecule has 0 aliphatic rings. The molecule has 0 aliphatic carbocycles. The van der Waals surface area contributed by atoms with E-state index in [-0.39, 0.29) is 24.1 Å². The highest BCUT2D eigenvalue weighted by molar-refractivity contribution is 5.74. The first-order valence-corrected chi connectivity index (χ1v) is 6.00. The second-order valence-corrected chi connectivity index (χ2v) is 4.20. The summed E-state index contributed by atoms with van der Waals surface area (Å²) in [6.45, 7) is 2.47. The number of amides is 2. The Morgan fingerprint density at radius 1 is 1.37 bits per heavy atom. The molecule has 0 fully saturated rings. The van der Waals surface area contributed by atoms with Gasteiger partial charge < -0.3 is 15.4 Å². The van der Waals surface area contributed by atoms with Gasteiger partial charge in [-0.05, 0) is 25.5 Å². The van der Waals surface area contributed by atoms with Gasteiger partial charge in [0.15, 0.2) is 0 Å². The van der Waals surface area contributed by atoms with Crippen molar-refractivity contribution in [1.82, 2.24) is 10.6 Å². The molecule has 1 unspecified atom stereocenters. The second kappa shape index (κ2) is 7.68. The number of halogens is 2. The van der Waals surface area contributed by atoms with E-state index >= 15 is 0 Å². The molecular formula is C13H18F2N2O2. The molecule has 0 spiro atoms. The number of methoxy groups -OCH3 is 1. The van der Waals surface area contributed by atoms with Crippen LogP contribution in [0.3, 0.4) is 0 Å². The Kier molecular flexibility index (Phi) is 6.21. The van der Waals surface area contributed by atoms with Crippen LogP contribution in [0, 0.1) is 11.6 Å². The fourth-order valence-corrected chi connectivity index (χ4v) is 1.63. The van der Waals surface area contributed by atoms with Crippen molar-refractivity contribution in [2.75, 3.05) is 20.3 Å². The third-order valence-electron chi connectivity index (χ3n) is 2.54. The molecule has 1 atom stereocenters. The third kappa shape index (κ3) is 5.21. The van der Waals surface area contributed by atoms with Gasteiger partial charge in [-0.15, -0.1) is 0 Å². The molecule has 19 heavy (non-hydrogen) atoms. The number of carbonyl (C=O) groups is 1. The Hall–Kier alpha value is -1.69. The van der Waals surface area contributed by atoms with Crippen LogP contribution in [-0.2, 0) is 11.2 Å². The molecule has 0 saturated heterocycles. The van der Waals surface area contributed by atoms with Crippen LogP contribution in [0.1, 0.15) is 12.5 Å². The van der Waals surface area contributed by atoms with E-state index in [1.807, 2.05) is 0 Å². The molecule has 0 radical (unpaired) electrons. The SMILES string of the molecule is COCCNC(=O)NC(C)Cc1c(F)cccc1F. The van der Waals surface area contributed by atoms with Crippen molar-refractivity contribution >= 4 is 6.03 Å². The Labute approximate surface area is 111 Å². The molecule has 2 N–H and O–H groups in total. The number of carbonyl (C=O) groups excluding carboxylic acids is 1. The quantitative estimate of drug-likeness (QED) is 0.776. The van der Waals surface area contributed by atoms with E-state index in [0.717, 1.165) is 0 Å². The zero-order chi connectivity index (χ0) is 14.3. The molecule has 0 bridgehead atoms. The van der Waals surface area contributed by atoms with Gasteiger partial charge in [0.05, 0.1) is 6.61 Å². The lowest BCUT2D eigenvalue weighted by molar-refractivity contribution is 0.195. The number of hydrogen-bond donors (Lipinski definition) is 2. The molecule has 1 aromatic rings. The summed E-state index contributed by atoms with van der Waals surface area (Å²) in [5, 5.41) is 5.17. The fourth-order valence-electron chi connectivity index (χ4n) is 1.63. The van der Waals surface area contributed by atoms with Crippen LogP contribution >= 0.6 is 0 Å². The largest absolute Gasteiger partial charge is 0.383 e.